The number of carbonyl (C=O) groups is 2. The van der Waals surface area contributed by atoms with Gasteiger partial charge in [-0.05, 0) is 87.8 Å². The molecule has 2 heterocycles. The second-order valence-corrected chi connectivity index (χ2v) is 12.7. The van der Waals surface area contributed by atoms with E-state index in [-0.39, 0.29) is 18.6 Å². The van der Waals surface area contributed by atoms with Crippen LogP contribution in [0.3, 0.4) is 0 Å². The van der Waals surface area contributed by atoms with Gasteiger partial charge in [-0.1, -0.05) is 17.7 Å². The maximum Gasteiger partial charge on any atom is 0.410 e. The number of ether oxygens (including phenoxy) is 3. The van der Waals surface area contributed by atoms with Crippen LogP contribution in [0.1, 0.15) is 68.9 Å². The van der Waals surface area contributed by atoms with Gasteiger partial charge >= 0.3 is 12.1 Å². The third-order valence-corrected chi connectivity index (χ3v) is 8.55. The fourth-order valence-electron chi connectivity index (χ4n) is 5.29. The van der Waals surface area contributed by atoms with Crippen molar-refractivity contribution in [1.82, 2.24) is 4.90 Å². The average molecular weight is 591 g/mol. The van der Waals surface area contributed by atoms with E-state index in [4.69, 9.17) is 14.2 Å². The SMILES string of the molecule is COC(=O)c1c(NS(=O)c2ccc(F)cc2C/C=C2\CCCN(C(=O)OC(C)(C)C)C2)ccc2c1OC[C@@H]1C[C@H]21.O.[HH]. The highest BCUT2D eigenvalue weighted by molar-refractivity contribution is 7.86. The van der Waals surface area contributed by atoms with Crippen molar-refractivity contribution in [1.29, 1.82) is 0 Å². The summed E-state index contributed by atoms with van der Waals surface area (Å²) in [6.45, 7) is 7.08. The number of fused-ring (bicyclic) bond motifs is 3. The van der Waals surface area contributed by atoms with Crippen LogP contribution < -0.4 is 9.46 Å². The van der Waals surface area contributed by atoms with Gasteiger partial charge in [0.25, 0.3) is 0 Å². The molecule has 0 spiro atoms. The van der Waals surface area contributed by atoms with E-state index < -0.39 is 28.4 Å². The number of hydrogen-bond donors (Lipinski definition) is 1. The minimum atomic E-state index is -1.81. The first kappa shape index (κ1) is 30.5. The Morgan fingerprint density at radius 1 is 1.27 bits per heavy atom. The van der Waals surface area contributed by atoms with Crippen molar-refractivity contribution < 1.29 is 39.3 Å². The van der Waals surface area contributed by atoms with Gasteiger partial charge in [0.1, 0.15) is 22.7 Å². The van der Waals surface area contributed by atoms with Gasteiger partial charge in [-0.3, -0.25) is 0 Å². The molecule has 1 amide bonds. The maximum atomic E-state index is 14.3. The highest BCUT2D eigenvalue weighted by atomic mass is 32.2. The van der Waals surface area contributed by atoms with E-state index in [0.29, 0.717) is 59.8 Å². The number of benzene rings is 2. The number of hydrogen-bond acceptors (Lipinski definition) is 6. The summed E-state index contributed by atoms with van der Waals surface area (Å²) in [5.74, 6) is 0.302. The molecule has 1 unspecified atom stereocenters. The zero-order valence-corrected chi connectivity index (χ0v) is 24.6. The average Bonchev–Trinajstić information content (AvgIpc) is 3.71. The first-order chi connectivity index (χ1) is 19.0. The number of piperidine rings is 1. The summed E-state index contributed by atoms with van der Waals surface area (Å²) < 4.78 is 47.3. The van der Waals surface area contributed by atoms with Crippen LogP contribution in [0.5, 0.6) is 5.75 Å². The molecule has 2 aromatic rings. The monoisotopic (exact) mass is 590 g/mol. The smallest absolute Gasteiger partial charge is 0.410 e. The molecule has 1 aliphatic carbocycles. The van der Waals surface area contributed by atoms with Crippen molar-refractivity contribution >= 4 is 28.7 Å². The third-order valence-electron chi connectivity index (χ3n) is 7.35. The van der Waals surface area contributed by atoms with E-state index >= 15 is 0 Å². The molecule has 0 bridgehead atoms. The van der Waals surface area contributed by atoms with Crippen LogP contribution in [0.4, 0.5) is 14.9 Å². The number of allylic oxidation sites excluding steroid dienone is 1. The molecule has 1 saturated carbocycles. The van der Waals surface area contributed by atoms with E-state index in [9.17, 15) is 18.2 Å². The first-order valence-corrected chi connectivity index (χ1v) is 14.7. The van der Waals surface area contributed by atoms with E-state index in [1.807, 2.05) is 32.9 Å². The van der Waals surface area contributed by atoms with Crippen molar-refractivity contribution in [2.75, 3.05) is 31.5 Å². The Hall–Kier alpha value is -3.44. The maximum absolute atomic E-state index is 14.3. The molecule has 1 saturated heterocycles. The molecule has 2 aromatic carbocycles. The lowest BCUT2D eigenvalue weighted by molar-refractivity contribution is 0.0246. The number of nitrogens with zero attached hydrogens (tertiary/aromatic N) is 1. The van der Waals surface area contributed by atoms with Crippen LogP contribution >= 0.6 is 0 Å². The van der Waals surface area contributed by atoms with E-state index in [1.54, 1.807) is 11.0 Å². The highest BCUT2D eigenvalue weighted by Gasteiger charge is 2.45. The fraction of sp³-hybridized carbons (Fsp3) is 0.467. The topological polar surface area (TPSA) is 126 Å². The predicted octanol–water partition coefficient (Wildman–Crippen LogP) is 5.16. The molecule has 224 valence electrons. The predicted molar refractivity (Wildman–Crippen MR) is 155 cm³/mol. The number of amides is 1. The molecule has 0 aromatic heterocycles. The van der Waals surface area contributed by atoms with Gasteiger partial charge in [0.05, 0.1) is 24.3 Å². The number of nitrogens with one attached hydrogen (secondary N) is 1. The molecule has 0 radical (unpaired) electrons. The number of carbonyl (C=O) groups excluding carboxylic acids is 2. The summed E-state index contributed by atoms with van der Waals surface area (Å²) in [5.41, 5.74) is 2.51. The van der Waals surface area contributed by atoms with Crippen molar-refractivity contribution in [2.24, 2.45) is 5.92 Å². The van der Waals surface area contributed by atoms with Gasteiger partial charge in [0.2, 0.25) is 0 Å². The summed E-state index contributed by atoms with van der Waals surface area (Å²) in [5, 5.41) is 0. The Labute approximate surface area is 243 Å². The lowest BCUT2D eigenvalue weighted by atomic mass is 10.0. The zero-order valence-electron chi connectivity index (χ0n) is 23.8. The Bertz CT molecular complexity index is 1390. The van der Waals surface area contributed by atoms with Gasteiger partial charge in [-0.15, -0.1) is 0 Å². The van der Waals surface area contributed by atoms with Crippen LogP contribution in [0.15, 0.2) is 46.9 Å². The van der Waals surface area contributed by atoms with E-state index in [2.05, 4.69) is 4.72 Å². The molecule has 3 aliphatic rings. The van der Waals surface area contributed by atoms with Crippen LogP contribution in [-0.4, -0.2) is 59.1 Å². The summed E-state index contributed by atoms with van der Waals surface area (Å²) in [4.78, 5) is 27.4. The van der Waals surface area contributed by atoms with Crippen LogP contribution in [-0.2, 0) is 26.9 Å². The van der Waals surface area contributed by atoms with Gasteiger partial charge < -0.3 is 29.3 Å². The van der Waals surface area contributed by atoms with Gasteiger partial charge in [-0.2, -0.15) is 0 Å². The van der Waals surface area contributed by atoms with Gasteiger partial charge in [0, 0.05) is 20.4 Å². The molecular formula is C30H39FN2O7S. The Morgan fingerprint density at radius 3 is 2.78 bits per heavy atom. The Kier molecular flexibility index (Phi) is 9.08. The van der Waals surface area contributed by atoms with Crippen molar-refractivity contribution in [2.45, 2.75) is 62.9 Å². The fourth-order valence-corrected chi connectivity index (χ4v) is 6.34. The molecule has 5 rings (SSSR count). The molecule has 9 nitrogen and oxygen atoms in total. The number of esters is 1. The number of methoxy groups -OCH3 is 1. The molecule has 3 N–H and O–H groups in total. The number of halogens is 1. The van der Waals surface area contributed by atoms with Crippen molar-refractivity contribution in [3.8, 4) is 5.75 Å². The second kappa shape index (κ2) is 12.2. The molecule has 2 aliphatic heterocycles. The number of likely N-dealkylation sites (tertiary alicyclic amines) is 1. The molecule has 3 atom stereocenters. The van der Waals surface area contributed by atoms with E-state index in [0.717, 1.165) is 30.4 Å². The summed E-state index contributed by atoms with van der Waals surface area (Å²) in [6, 6.07) is 7.75. The lowest BCUT2D eigenvalue weighted by Gasteiger charge is -2.31. The zero-order chi connectivity index (χ0) is 28.6. The Balaban J connectivity index is 0.00000242. The normalized spacial score (nSPS) is 21.0. The number of rotatable bonds is 6. The minimum Gasteiger partial charge on any atom is -0.492 e. The minimum absolute atomic E-state index is 0. The van der Waals surface area contributed by atoms with Crippen molar-refractivity contribution in [3.05, 3.63) is 64.5 Å². The highest BCUT2D eigenvalue weighted by Crippen LogP contribution is 2.55. The molecule has 2 fully saturated rings. The van der Waals surface area contributed by atoms with Crippen LogP contribution in [0.2, 0.25) is 0 Å². The van der Waals surface area contributed by atoms with Crippen LogP contribution in [0, 0.1) is 11.7 Å². The quantitative estimate of drug-likeness (QED) is 0.366. The summed E-state index contributed by atoms with van der Waals surface area (Å²) >= 11 is 0. The molecular weight excluding hydrogens is 551 g/mol. The number of anilines is 1. The largest absolute Gasteiger partial charge is 0.492 e. The second-order valence-electron chi connectivity index (χ2n) is 11.5. The molecule has 11 heteroatoms. The first-order valence-electron chi connectivity index (χ1n) is 13.5. The van der Waals surface area contributed by atoms with Crippen LogP contribution in [0.25, 0.3) is 0 Å². The summed E-state index contributed by atoms with van der Waals surface area (Å²) in [7, 11) is -0.510. The standard InChI is InChI=1S/C30H35FN2O6S.H2O.H2/c1-30(2,3)39-29(35)33-13-5-6-18(16-33)7-8-19-14-21(31)9-12-25(19)40(36)32-24-11-10-22-23-15-20(23)17-38-27(22)26(24)28(34)37-4;;/h7,9-12,14,20,23,32H,5-6,8,13,15-17H2,1-4H3;1H2;1H/b18-7+;;/t20-,23-,40?;;/m0../s1. The molecule has 41 heavy (non-hydrogen) atoms. The summed E-state index contributed by atoms with van der Waals surface area (Å²) in [6.07, 6.45) is 4.57. The third kappa shape index (κ3) is 6.90. The van der Waals surface area contributed by atoms with Crippen molar-refractivity contribution in [3.63, 3.8) is 0 Å². The van der Waals surface area contributed by atoms with E-state index in [1.165, 1.54) is 25.3 Å². The van der Waals surface area contributed by atoms with Gasteiger partial charge in [-0.25, -0.2) is 18.2 Å². The Morgan fingerprint density at radius 2 is 2.05 bits per heavy atom. The lowest BCUT2D eigenvalue weighted by Crippen LogP contribution is -2.40. The van der Waals surface area contributed by atoms with Gasteiger partial charge in [0.15, 0.2) is 11.0 Å².